The number of nitrogens with zero attached hydrogens (tertiary/aromatic N) is 2. The quantitative estimate of drug-likeness (QED) is 0.498. The topological polar surface area (TPSA) is 83.0 Å². The van der Waals surface area contributed by atoms with E-state index >= 15 is 0 Å². The predicted octanol–water partition coefficient (Wildman–Crippen LogP) is 1.97. The highest BCUT2D eigenvalue weighted by Crippen LogP contribution is 2.21. The van der Waals surface area contributed by atoms with E-state index < -0.39 is 9.84 Å². The van der Waals surface area contributed by atoms with Gasteiger partial charge in [-0.2, -0.15) is 0 Å². The van der Waals surface area contributed by atoms with Gasteiger partial charge < -0.3 is 15.4 Å². The standard InChI is InChI=1S/C22H29FN4O3S/c1-24-22(25-15-17-3-9-20(10-4-17)31(2,28)29)26-16-21(27-11-13-30-14-12-27)18-5-7-19(23)8-6-18/h3-10,21H,11-16H2,1-2H3,(H2,24,25,26). The molecule has 0 bridgehead atoms. The second-order valence-electron chi connectivity index (χ2n) is 7.44. The molecular formula is C22H29FN4O3S. The highest BCUT2D eigenvalue weighted by molar-refractivity contribution is 7.90. The maximum atomic E-state index is 13.4. The first-order chi connectivity index (χ1) is 14.9. The summed E-state index contributed by atoms with van der Waals surface area (Å²) < 4.78 is 42.1. The SMILES string of the molecule is CN=C(NCc1ccc(S(C)(=O)=O)cc1)NCC(c1ccc(F)cc1)N1CCOCC1. The van der Waals surface area contributed by atoms with Gasteiger partial charge in [0, 0.05) is 39.5 Å². The molecule has 7 nitrogen and oxygen atoms in total. The number of hydrogen-bond acceptors (Lipinski definition) is 5. The first kappa shape index (κ1) is 23.2. The zero-order chi connectivity index (χ0) is 22.3. The van der Waals surface area contributed by atoms with Crippen LogP contribution in [-0.2, 0) is 21.1 Å². The summed E-state index contributed by atoms with van der Waals surface area (Å²) in [6.07, 6.45) is 1.19. The number of halogens is 1. The average molecular weight is 449 g/mol. The summed E-state index contributed by atoms with van der Waals surface area (Å²) in [5.74, 6) is 0.379. The van der Waals surface area contributed by atoms with Gasteiger partial charge in [-0.1, -0.05) is 24.3 Å². The first-order valence-electron chi connectivity index (χ1n) is 10.2. The number of nitrogens with one attached hydrogen (secondary N) is 2. The molecule has 2 aromatic carbocycles. The van der Waals surface area contributed by atoms with Gasteiger partial charge in [0.15, 0.2) is 15.8 Å². The van der Waals surface area contributed by atoms with Gasteiger partial charge in [-0.3, -0.25) is 9.89 Å². The van der Waals surface area contributed by atoms with Gasteiger partial charge in [0.25, 0.3) is 0 Å². The van der Waals surface area contributed by atoms with Gasteiger partial charge in [0.1, 0.15) is 5.82 Å². The van der Waals surface area contributed by atoms with Crippen molar-refractivity contribution in [1.29, 1.82) is 0 Å². The van der Waals surface area contributed by atoms with E-state index in [0.717, 1.165) is 24.2 Å². The Hall–Kier alpha value is -2.49. The van der Waals surface area contributed by atoms with Gasteiger partial charge in [0.05, 0.1) is 24.2 Å². The highest BCUT2D eigenvalue weighted by atomic mass is 32.2. The normalized spacial score (nSPS) is 16.7. The third-order valence-electron chi connectivity index (χ3n) is 5.24. The Kier molecular flexibility index (Phi) is 8.00. The van der Waals surface area contributed by atoms with Gasteiger partial charge in [-0.05, 0) is 35.4 Å². The Bertz CT molecular complexity index is 973. The number of aliphatic imine (C=N–C) groups is 1. The van der Waals surface area contributed by atoms with Crippen LogP contribution in [0.15, 0.2) is 58.4 Å². The second-order valence-corrected chi connectivity index (χ2v) is 9.45. The smallest absolute Gasteiger partial charge is 0.191 e. The summed E-state index contributed by atoms with van der Waals surface area (Å²) in [5.41, 5.74) is 1.97. The van der Waals surface area contributed by atoms with E-state index in [9.17, 15) is 12.8 Å². The molecule has 2 aromatic rings. The zero-order valence-electron chi connectivity index (χ0n) is 17.8. The first-order valence-corrected chi connectivity index (χ1v) is 12.1. The Labute approximate surface area is 183 Å². The van der Waals surface area contributed by atoms with E-state index in [1.54, 1.807) is 31.3 Å². The summed E-state index contributed by atoms with van der Waals surface area (Å²) in [7, 11) is -1.51. The minimum atomic E-state index is -3.21. The lowest BCUT2D eigenvalue weighted by Gasteiger charge is -2.35. The molecule has 1 saturated heterocycles. The van der Waals surface area contributed by atoms with Crippen LogP contribution in [0.25, 0.3) is 0 Å². The van der Waals surface area contributed by atoms with Crippen molar-refractivity contribution >= 4 is 15.8 Å². The summed E-state index contributed by atoms with van der Waals surface area (Å²) in [5, 5.41) is 6.60. The minimum absolute atomic E-state index is 0.0529. The molecule has 0 spiro atoms. The number of morpholine rings is 1. The average Bonchev–Trinajstić information content (AvgIpc) is 2.77. The third kappa shape index (κ3) is 6.75. The van der Waals surface area contributed by atoms with Gasteiger partial charge in [-0.15, -0.1) is 0 Å². The lowest BCUT2D eigenvalue weighted by Crippen LogP contribution is -2.46. The van der Waals surface area contributed by atoms with Gasteiger partial charge >= 0.3 is 0 Å². The van der Waals surface area contributed by atoms with E-state index in [2.05, 4.69) is 20.5 Å². The second kappa shape index (κ2) is 10.7. The van der Waals surface area contributed by atoms with Crippen molar-refractivity contribution in [2.45, 2.75) is 17.5 Å². The molecule has 0 aromatic heterocycles. The van der Waals surface area contributed by atoms with Gasteiger partial charge in [-0.25, -0.2) is 12.8 Å². The van der Waals surface area contributed by atoms with Crippen molar-refractivity contribution in [3.05, 3.63) is 65.5 Å². The molecule has 0 radical (unpaired) electrons. The number of rotatable bonds is 7. The van der Waals surface area contributed by atoms with E-state index in [1.165, 1.54) is 18.4 Å². The molecule has 0 saturated carbocycles. The molecule has 0 amide bonds. The van der Waals surface area contributed by atoms with Crippen LogP contribution in [0.3, 0.4) is 0 Å². The number of benzene rings is 2. The summed E-state index contributed by atoms with van der Waals surface area (Å²) >= 11 is 0. The lowest BCUT2D eigenvalue weighted by atomic mass is 10.0. The molecule has 1 unspecified atom stereocenters. The lowest BCUT2D eigenvalue weighted by molar-refractivity contribution is 0.0170. The molecule has 31 heavy (non-hydrogen) atoms. The fourth-order valence-electron chi connectivity index (χ4n) is 3.49. The van der Waals surface area contributed by atoms with E-state index in [-0.39, 0.29) is 11.9 Å². The largest absolute Gasteiger partial charge is 0.379 e. The Morgan fingerprint density at radius 1 is 1.10 bits per heavy atom. The fourth-order valence-corrected chi connectivity index (χ4v) is 4.12. The number of hydrogen-bond donors (Lipinski definition) is 2. The van der Waals surface area contributed by atoms with Crippen molar-refractivity contribution in [3.63, 3.8) is 0 Å². The Morgan fingerprint density at radius 2 is 1.74 bits per heavy atom. The minimum Gasteiger partial charge on any atom is -0.379 e. The fraction of sp³-hybridized carbons (Fsp3) is 0.409. The molecule has 3 rings (SSSR count). The van der Waals surface area contributed by atoms with Crippen molar-refractivity contribution in [3.8, 4) is 0 Å². The van der Waals surface area contributed by atoms with Crippen molar-refractivity contribution in [2.75, 3.05) is 46.2 Å². The highest BCUT2D eigenvalue weighted by Gasteiger charge is 2.23. The Morgan fingerprint density at radius 3 is 2.32 bits per heavy atom. The van der Waals surface area contributed by atoms with Crippen LogP contribution in [0.1, 0.15) is 17.2 Å². The Balaban J connectivity index is 1.61. The molecule has 1 atom stereocenters. The van der Waals surface area contributed by atoms with Crippen LogP contribution in [0.4, 0.5) is 4.39 Å². The van der Waals surface area contributed by atoms with Crippen molar-refractivity contribution < 1.29 is 17.5 Å². The molecule has 1 heterocycles. The number of sulfone groups is 1. The van der Waals surface area contributed by atoms with Crippen LogP contribution in [0, 0.1) is 5.82 Å². The molecule has 1 fully saturated rings. The number of guanidine groups is 1. The monoisotopic (exact) mass is 448 g/mol. The van der Waals surface area contributed by atoms with Crippen molar-refractivity contribution in [2.24, 2.45) is 4.99 Å². The maximum Gasteiger partial charge on any atom is 0.191 e. The number of ether oxygens (including phenoxy) is 1. The van der Waals surface area contributed by atoms with E-state index in [4.69, 9.17) is 4.74 Å². The van der Waals surface area contributed by atoms with Crippen LogP contribution in [-0.4, -0.2) is 65.4 Å². The summed E-state index contributed by atoms with van der Waals surface area (Å²) in [6, 6.07) is 13.4. The van der Waals surface area contributed by atoms with Crippen LogP contribution < -0.4 is 10.6 Å². The third-order valence-corrected chi connectivity index (χ3v) is 6.37. The molecule has 1 aliphatic rings. The van der Waals surface area contributed by atoms with Crippen LogP contribution in [0.5, 0.6) is 0 Å². The van der Waals surface area contributed by atoms with Crippen LogP contribution in [0.2, 0.25) is 0 Å². The maximum absolute atomic E-state index is 13.4. The zero-order valence-corrected chi connectivity index (χ0v) is 18.7. The summed E-state index contributed by atoms with van der Waals surface area (Å²) in [4.78, 5) is 6.90. The molecule has 0 aliphatic carbocycles. The van der Waals surface area contributed by atoms with E-state index in [0.29, 0.717) is 37.2 Å². The molecule has 168 valence electrons. The van der Waals surface area contributed by atoms with Gasteiger partial charge in [0.2, 0.25) is 0 Å². The predicted molar refractivity (Wildman–Crippen MR) is 119 cm³/mol. The van der Waals surface area contributed by atoms with Crippen molar-refractivity contribution in [1.82, 2.24) is 15.5 Å². The molecule has 2 N–H and O–H groups in total. The van der Waals surface area contributed by atoms with E-state index in [1.807, 2.05) is 12.1 Å². The van der Waals surface area contributed by atoms with Crippen LogP contribution >= 0.6 is 0 Å². The molecular weight excluding hydrogens is 419 g/mol. The molecule has 1 aliphatic heterocycles. The summed E-state index contributed by atoms with van der Waals surface area (Å²) in [6.45, 7) is 4.06. The molecule has 9 heteroatoms.